The van der Waals surface area contributed by atoms with Gasteiger partial charge < -0.3 is 14.2 Å². The molecule has 1 aromatic rings. The fourth-order valence-electron chi connectivity index (χ4n) is 1.20. The van der Waals surface area contributed by atoms with Gasteiger partial charge in [0.15, 0.2) is 6.29 Å². The molecule has 1 aromatic carbocycles. The third-order valence-electron chi connectivity index (χ3n) is 1.88. The van der Waals surface area contributed by atoms with Gasteiger partial charge in [0, 0.05) is 19.8 Å². The Bertz CT molecular complexity index is 297. The fourth-order valence-corrected chi connectivity index (χ4v) is 1.76. The van der Waals surface area contributed by atoms with Crippen LogP contribution in [-0.4, -0.2) is 21.3 Å². The van der Waals surface area contributed by atoms with Gasteiger partial charge in [-0.15, -0.1) is 0 Å². The van der Waals surface area contributed by atoms with Crippen molar-refractivity contribution in [2.75, 3.05) is 21.3 Å². The van der Waals surface area contributed by atoms with Crippen molar-refractivity contribution in [3.8, 4) is 5.75 Å². The molecule has 0 N–H and O–H groups in total. The van der Waals surface area contributed by atoms with Crippen LogP contribution in [0, 0.1) is 0 Å². The van der Waals surface area contributed by atoms with Gasteiger partial charge in [0.05, 0.1) is 11.6 Å². The Kier molecular flexibility index (Phi) is 4.38. The molecule has 4 heteroatoms. The van der Waals surface area contributed by atoms with Gasteiger partial charge in [-0.05, 0) is 28.1 Å². The van der Waals surface area contributed by atoms with Crippen LogP contribution in [0.4, 0.5) is 0 Å². The zero-order valence-electron chi connectivity index (χ0n) is 8.41. The summed E-state index contributed by atoms with van der Waals surface area (Å²) in [6, 6.07) is 5.68. The summed E-state index contributed by atoms with van der Waals surface area (Å²) in [7, 11) is 4.84. The maximum absolute atomic E-state index is 5.13. The predicted octanol–water partition coefficient (Wildman–Crippen LogP) is 2.75. The number of hydrogen-bond acceptors (Lipinski definition) is 3. The van der Waals surface area contributed by atoms with Crippen molar-refractivity contribution in [2.45, 2.75) is 6.29 Å². The normalized spacial score (nSPS) is 10.6. The first kappa shape index (κ1) is 11.5. The summed E-state index contributed by atoms with van der Waals surface area (Å²) in [6.07, 6.45) is -0.336. The summed E-state index contributed by atoms with van der Waals surface area (Å²) in [5.74, 6) is 0.791. The second kappa shape index (κ2) is 5.34. The predicted molar refractivity (Wildman–Crippen MR) is 57.5 cm³/mol. The van der Waals surface area contributed by atoms with Gasteiger partial charge >= 0.3 is 0 Å². The number of hydrogen-bond donors (Lipinski definition) is 0. The molecule has 78 valence electrons. The molecule has 1 rings (SSSR count). The van der Waals surface area contributed by atoms with Gasteiger partial charge in [0.25, 0.3) is 0 Å². The topological polar surface area (TPSA) is 27.7 Å². The minimum absolute atomic E-state index is 0.336. The fraction of sp³-hybridized carbons (Fsp3) is 0.400. The van der Waals surface area contributed by atoms with Crippen molar-refractivity contribution in [3.05, 3.63) is 28.2 Å². The molecule has 0 aliphatic rings. The van der Waals surface area contributed by atoms with Gasteiger partial charge in [-0.3, -0.25) is 0 Å². The standard InChI is InChI=1S/C10H13BrO3/c1-12-9-5-4-7(6-8(9)11)10(13-2)14-3/h4-6,10H,1-3H3. The summed E-state index contributed by atoms with van der Waals surface area (Å²) in [5, 5.41) is 0. The molecule has 14 heavy (non-hydrogen) atoms. The Morgan fingerprint density at radius 2 is 1.79 bits per heavy atom. The van der Waals surface area contributed by atoms with Crippen molar-refractivity contribution < 1.29 is 14.2 Å². The van der Waals surface area contributed by atoms with Crippen molar-refractivity contribution in [2.24, 2.45) is 0 Å². The van der Waals surface area contributed by atoms with Crippen LogP contribution in [0.25, 0.3) is 0 Å². The Morgan fingerprint density at radius 3 is 2.21 bits per heavy atom. The SMILES string of the molecule is COc1ccc(C(OC)OC)cc1Br. The van der Waals surface area contributed by atoms with Gasteiger partial charge in [-0.2, -0.15) is 0 Å². The van der Waals surface area contributed by atoms with Gasteiger partial charge in [0.2, 0.25) is 0 Å². The summed E-state index contributed by atoms with van der Waals surface area (Å²) in [6.45, 7) is 0. The monoisotopic (exact) mass is 260 g/mol. The highest BCUT2D eigenvalue weighted by atomic mass is 79.9. The van der Waals surface area contributed by atoms with Crippen LogP contribution >= 0.6 is 15.9 Å². The van der Waals surface area contributed by atoms with E-state index in [9.17, 15) is 0 Å². The van der Waals surface area contributed by atoms with Crippen LogP contribution in [0.15, 0.2) is 22.7 Å². The second-order valence-corrected chi connectivity index (χ2v) is 3.55. The largest absolute Gasteiger partial charge is 0.496 e. The van der Waals surface area contributed by atoms with Crippen LogP contribution in [0.3, 0.4) is 0 Å². The molecule has 0 aliphatic heterocycles. The Labute approximate surface area is 92.1 Å². The molecule has 0 spiro atoms. The minimum Gasteiger partial charge on any atom is -0.496 e. The minimum atomic E-state index is -0.336. The maximum atomic E-state index is 5.13. The van der Waals surface area contributed by atoms with Crippen molar-refractivity contribution in [3.63, 3.8) is 0 Å². The number of methoxy groups -OCH3 is 3. The lowest BCUT2D eigenvalue weighted by Gasteiger charge is -2.14. The molecule has 0 bridgehead atoms. The Morgan fingerprint density at radius 1 is 1.14 bits per heavy atom. The molecule has 0 aliphatic carbocycles. The number of halogens is 1. The first-order chi connectivity index (χ1) is 6.72. The van der Waals surface area contributed by atoms with E-state index < -0.39 is 0 Å². The Hall–Kier alpha value is -0.580. The molecule has 0 amide bonds. The van der Waals surface area contributed by atoms with E-state index in [2.05, 4.69) is 15.9 Å². The highest BCUT2D eigenvalue weighted by molar-refractivity contribution is 9.10. The molecule has 0 atom stereocenters. The summed E-state index contributed by atoms with van der Waals surface area (Å²) >= 11 is 3.40. The lowest BCUT2D eigenvalue weighted by molar-refractivity contribution is -0.106. The molecule has 0 heterocycles. The van der Waals surface area contributed by atoms with Crippen LogP contribution in [0.1, 0.15) is 11.9 Å². The number of ether oxygens (including phenoxy) is 3. The van der Waals surface area contributed by atoms with E-state index in [1.165, 1.54) is 0 Å². The molecule has 0 aromatic heterocycles. The van der Waals surface area contributed by atoms with Gasteiger partial charge in [0.1, 0.15) is 5.75 Å². The third kappa shape index (κ3) is 2.47. The average molecular weight is 261 g/mol. The van der Waals surface area contributed by atoms with E-state index in [0.717, 1.165) is 15.8 Å². The highest BCUT2D eigenvalue weighted by Gasteiger charge is 2.10. The van der Waals surface area contributed by atoms with Crippen LogP contribution in [-0.2, 0) is 9.47 Å². The summed E-state index contributed by atoms with van der Waals surface area (Å²) in [5.41, 5.74) is 0.947. The maximum Gasteiger partial charge on any atom is 0.183 e. The molecule has 3 nitrogen and oxygen atoms in total. The van der Waals surface area contributed by atoms with E-state index in [1.54, 1.807) is 21.3 Å². The molecule has 0 fully saturated rings. The third-order valence-corrected chi connectivity index (χ3v) is 2.50. The molecular formula is C10H13BrO3. The molecular weight excluding hydrogens is 248 g/mol. The number of benzene rings is 1. The highest BCUT2D eigenvalue weighted by Crippen LogP contribution is 2.29. The first-order valence-corrected chi connectivity index (χ1v) is 4.91. The Balaban J connectivity index is 2.95. The van der Waals surface area contributed by atoms with Crippen LogP contribution in [0.2, 0.25) is 0 Å². The van der Waals surface area contributed by atoms with E-state index in [4.69, 9.17) is 14.2 Å². The average Bonchev–Trinajstić information content (AvgIpc) is 2.20. The summed E-state index contributed by atoms with van der Waals surface area (Å²) in [4.78, 5) is 0. The lowest BCUT2D eigenvalue weighted by atomic mass is 10.2. The van der Waals surface area contributed by atoms with E-state index in [-0.39, 0.29) is 6.29 Å². The van der Waals surface area contributed by atoms with E-state index in [1.807, 2.05) is 18.2 Å². The quantitative estimate of drug-likeness (QED) is 0.780. The smallest absolute Gasteiger partial charge is 0.183 e. The number of rotatable bonds is 4. The van der Waals surface area contributed by atoms with Crippen molar-refractivity contribution in [1.82, 2.24) is 0 Å². The van der Waals surface area contributed by atoms with Crippen LogP contribution < -0.4 is 4.74 Å². The van der Waals surface area contributed by atoms with Gasteiger partial charge in [-0.25, -0.2) is 0 Å². The second-order valence-electron chi connectivity index (χ2n) is 2.70. The molecule has 0 radical (unpaired) electrons. The molecule has 0 unspecified atom stereocenters. The van der Waals surface area contributed by atoms with Crippen LogP contribution in [0.5, 0.6) is 5.75 Å². The van der Waals surface area contributed by atoms with E-state index in [0.29, 0.717) is 0 Å². The van der Waals surface area contributed by atoms with Gasteiger partial charge in [-0.1, -0.05) is 6.07 Å². The lowest BCUT2D eigenvalue weighted by Crippen LogP contribution is -2.03. The zero-order chi connectivity index (χ0) is 10.6. The van der Waals surface area contributed by atoms with E-state index >= 15 is 0 Å². The van der Waals surface area contributed by atoms with Crippen molar-refractivity contribution in [1.29, 1.82) is 0 Å². The molecule has 0 saturated carbocycles. The summed E-state index contributed by atoms with van der Waals surface area (Å²) < 4.78 is 16.3. The molecule has 0 saturated heterocycles. The first-order valence-electron chi connectivity index (χ1n) is 4.12. The van der Waals surface area contributed by atoms with Crippen molar-refractivity contribution >= 4 is 15.9 Å². The zero-order valence-corrected chi connectivity index (χ0v) is 10.00.